The largest absolute Gasteiger partial charge is 0.381 e. The van der Waals surface area contributed by atoms with Crippen LogP contribution >= 0.6 is 0 Å². The Hall–Kier alpha value is -2.08. The fourth-order valence-electron chi connectivity index (χ4n) is 4.42. The van der Waals surface area contributed by atoms with Gasteiger partial charge in [-0.3, -0.25) is 4.79 Å². The van der Waals surface area contributed by atoms with Gasteiger partial charge < -0.3 is 19.9 Å². The number of amides is 3. The fourth-order valence-corrected chi connectivity index (χ4v) is 4.42. The molecule has 6 heteroatoms. The first kappa shape index (κ1) is 20.6. The number of rotatable bonds is 3. The number of nitrogens with zero attached hydrogens (tertiary/aromatic N) is 2. The Morgan fingerprint density at radius 1 is 1.11 bits per heavy atom. The fraction of sp³-hybridized carbons (Fsp3) is 0.636. The number of carbonyl (C=O) groups excluding carboxylic acids is 2. The standard InChI is InChI=1S/C22H33N3O3/c1-4-19-5-7-20(8-6-19)17(2)23-21(27)24-12-9-22(10-15-28-16-11-22)25(14-13-24)18(3)26/h5-8,17H,4,9-16H2,1-3H3,(H,23,27). The second-order valence-corrected chi connectivity index (χ2v) is 8.01. The second-order valence-electron chi connectivity index (χ2n) is 8.01. The van der Waals surface area contributed by atoms with Gasteiger partial charge in [-0.05, 0) is 43.7 Å². The van der Waals surface area contributed by atoms with Crippen molar-refractivity contribution in [2.75, 3.05) is 32.8 Å². The van der Waals surface area contributed by atoms with E-state index in [0.29, 0.717) is 32.8 Å². The van der Waals surface area contributed by atoms with Gasteiger partial charge in [0.2, 0.25) is 5.91 Å². The number of carbonyl (C=O) groups is 2. The molecule has 1 unspecified atom stereocenters. The zero-order valence-corrected chi connectivity index (χ0v) is 17.4. The average Bonchev–Trinajstić information content (AvgIpc) is 2.88. The first-order valence-corrected chi connectivity index (χ1v) is 10.5. The highest BCUT2D eigenvalue weighted by Crippen LogP contribution is 2.33. The molecule has 3 amide bonds. The summed E-state index contributed by atoms with van der Waals surface area (Å²) in [7, 11) is 0. The van der Waals surface area contributed by atoms with Crippen molar-refractivity contribution < 1.29 is 14.3 Å². The van der Waals surface area contributed by atoms with Gasteiger partial charge in [0.1, 0.15) is 0 Å². The molecule has 1 aromatic rings. The number of urea groups is 1. The van der Waals surface area contributed by atoms with Gasteiger partial charge in [-0.1, -0.05) is 31.2 Å². The van der Waals surface area contributed by atoms with Crippen LogP contribution in [0.5, 0.6) is 0 Å². The summed E-state index contributed by atoms with van der Waals surface area (Å²) >= 11 is 0. The maximum absolute atomic E-state index is 12.9. The van der Waals surface area contributed by atoms with Gasteiger partial charge in [-0.2, -0.15) is 0 Å². The van der Waals surface area contributed by atoms with Crippen LogP contribution in [0.2, 0.25) is 0 Å². The highest BCUT2D eigenvalue weighted by molar-refractivity contribution is 5.76. The van der Waals surface area contributed by atoms with Crippen LogP contribution in [0.25, 0.3) is 0 Å². The summed E-state index contributed by atoms with van der Waals surface area (Å²) in [4.78, 5) is 29.0. The number of benzene rings is 1. The number of hydrogen-bond donors (Lipinski definition) is 1. The van der Waals surface area contributed by atoms with Crippen LogP contribution in [0, 0.1) is 0 Å². The van der Waals surface area contributed by atoms with Crippen molar-refractivity contribution in [1.29, 1.82) is 0 Å². The molecule has 2 aliphatic rings. The van der Waals surface area contributed by atoms with Gasteiger partial charge >= 0.3 is 6.03 Å². The molecule has 1 atom stereocenters. The van der Waals surface area contributed by atoms with Gasteiger partial charge in [0, 0.05) is 45.3 Å². The van der Waals surface area contributed by atoms with Crippen LogP contribution in [0.3, 0.4) is 0 Å². The van der Waals surface area contributed by atoms with Crippen LogP contribution in [-0.2, 0) is 16.0 Å². The Kier molecular flexibility index (Phi) is 6.60. The SMILES string of the molecule is CCc1ccc(C(C)NC(=O)N2CCN(C(C)=O)C3(CCOCC3)CC2)cc1. The maximum Gasteiger partial charge on any atom is 0.317 e. The van der Waals surface area contributed by atoms with E-state index in [0.717, 1.165) is 31.2 Å². The summed E-state index contributed by atoms with van der Waals surface area (Å²) in [6.07, 6.45) is 3.52. The molecule has 6 nitrogen and oxygen atoms in total. The summed E-state index contributed by atoms with van der Waals surface area (Å²) in [5, 5.41) is 3.13. The van der Waals surface area contributed by atoms with Crippen LogP contribution in [0.15, 0.2) is 24.3 Å². The number of aryl methyl sites for hydroxylation is 1. The molecule has 0 aliphatic carbocycles. The number of hydrogen-bond acceptors (Lipinski definition) is 3. The summed E-state index contributed by atoms with van der Waals surface area (Å²) < 4.78 is 5.53. The molecule has 0 aromatic heterocycles. The Morgan fingerprint density at radius 2 is 1.79 bits per heavy atom. The molecule has 1 aromatic carbocycles. The third-order valence-corrected chi connectivity index (χ3v) is 6.33. The predicted molar refractivity (Wildman–Crippen MR) is 109 cm³/mol. The lowest BCUT2D eigenvalue weighted by Gasteiger charge is -2.44. The van der Waals surface area contributed by atoms with E-state index in [1.54, 1.807) is 6.92 Å². The summed E-state index contributed by atoms with van der Waals surface area (Å²) in [5.41, 5.74) is 2.23. The van der Waals surface area contributed by atoms with Gasteiger partial charge in [0.15, 0.2) is 0 Å². The van der Waals surface area contributed by atoms with Crippen molar-refractivity contribution >= 4 is 11.9 Å². The Morgan fingerprint density at radius 3 is 2.39 bits per heavy atom. The van der Waals surface area contributed by atoms with E-state index >= 15 is 0 Å². The van der Waals surface area contributed by atoms with Crippen molar-refractivity contribution in [2.24, 2.45) is 0 Å². The molecule has 0 bridgehead atoms. The topological polar surface area (TPSA) is 61.9 Å². The van der Waals surface area contributed by atoms with E-state index in [-0.39, 0.29) is 23.5 Å². The molecule has 3 rings (SSSR count). The molecule has 2 heterocycles. The summed E-state index contributed by atoms with van der Waals surface area (Å²) in [6.45, 7) is 8.96. The molecule has 0 radical (unpaired) electrons. The van der Waals surface area contributed by atoms with E-state index < -0.39 is 0 Å². The molecule has 1 N–H and O–H groups in total. The van der Waals surface area contributed by atoms with Crippen LogP contribution in [-0.4, -0.2) is 60.1 Å². The molecule has 1 spiro atoms. The lowest BCUT2D eigenvalue weighted by Crippen LogP contribution is -2.54. The second kappa shape index (κ2) is 8.95. The van der Waals surface area contributed by atoms with Gasteiger partial charge in [0.25, 0.3) is 0 Å². The van der Waals surface area contributed by atoms with Crippen molar-refractivity contribution in [3.63, 3.8) is 0 Å². The van der Waals surface area contributed by atoms with E-state index in [1.807, 2.05) is 16.7 Å². The molecule has 28 heavy (non-hydrogen) atoms. The van der Waals surface area contributed by atoms with Gasteiger partial charge in [-0.25, -0.2) is 4.79 Å². The zero-order valence-electron chi connectivity index (χ0n) is 17.4. The zero-order chi connectivity index (χ0) is 20.1. The van der Waals surface area contributed by atoms with E-state index in [1.165, 1.54) is 5.56 Å². The maximum atomic E-state index is 12.9. The molecular formula is C22H33N3O3. The number of nitrogens with one attached hydrogen (secondary N) is 1. The van der Waals surface area contributed by atoms with Crippen molar-refractivity contribution in [1.82, 2.24) is 15.1 Å². The minimum Gasteiger partial charge on any atom is -0.381 e. The Balaban J connectivity index is 1.64. The van der Waals surface area contributed by atoms with E-state index in [4.69, 9.17) is 4.74 Å². The quantitative estimate of drug-likeness (QED) is 0.867. The van der Waals surface area contributed by atoms with Crippen molar-refractivity contribution in [3.05, 3.63) is 35.4 Å². The van der Waals surface area contributed by atoms with E-state index in [9.17, 15) is 9.59 Å². The lowest BCUT2D eigenvalue weighted by molar-refractivity contribution is -0.139. The predicted octanol–water partition coefficient (Wildman–Crippen LogP) is 3.12. The number of ether oxygens (including phenoxy) is 1. The summed E-state index contributed by atoms with van der Waals surface area (Å²) in [5.74, 6) is 0.0912. The molecule has 2 saturated heterocycles. The van der Waals surface area contributed by atoms with Crippen molar-refractivity contribution in [2.45, 2.75) is 58.0 Å². The van der Waals surface area contributed by atoms with Crippen molar-refractivity contribution in [3.8, 4) is 0 Å². The normalized spacial score (nSPS) is 20.5. The monoisotopic (exact) mass is 387 g/mol. The Labute approximate surface area is 168 Å². The summed E-state index contributed by atoms with van der Waals surface area (Å²) in [6, 6.07) is 8.29. The van der Waals surface area contributed by atoms with Crippen LogP contribution < -0.4 is 5.32 Å². The molecule has 154 valence electrons. The average molecular weight is 388 g/mol. The third kappa shape index (κ3) is 4.49. The first-order chi connectivity index (χ1) is 13.4. The smallest absolute Gasteiger partial charge is 0.317 e. The molecule has 2 aliphatic heterocycles. The van der Waals surface area contributed by atoms with E-state index in [2.05, 4.69) is 36.5 Å². The Bertz CT molecular complexity index is 683. The molecular weight excluding hydrogens is 354 g/mol. The highest BCUT2D eigenvalue weighted by atomic mass is 16.5. The van der Waals surface area contributed by atoms with Crippen LogP contribution in [0.1, 0.15) is 57.2 Å². The minimum atomic E-state index is -0.166. The minimum absolute atomic E-state index is 0.0531. The lowest BCUT2D eigenvalue weighted by atomic mass is 9.84. The highest BCUT2D eigenvalue weighted by Gasteiger charge is 2.42. The van der Waals surface area contributed by atoms with Crippen LogP contribution in [0.4, 0.5) is 4.79 Å². The third-order valence-electron chi connectivity index (χ3n) is 6.33. The molecule has 2 fully saturated rings. The molecule has 0 saturated carbocycles. The van der Waals surface area contributed by atoms with Gasteiger partial charge in [0.05, 0.1) is 6.04 Å². The first-order valence-electron chi connectivity index (χ1n) is 10.5. The van der Waals surface area contributed by atoms with Gasteiger partial charge in [-0.15, -0.1) is 0 Å².